The average molecular weight is 376 g/mol. The number of aliphatic hydroxyl groups excluding tert-OH is 1. The summed E-state index contributed by atoms with van der Waals surface area (Å²) in [6.45, 7) is 0. The molecular weight excluding hydrogens is 365 g/mol. The smallest absolute Gasteiger partial charge is 0.388 e. The largest absolute Gasteiger partial charge is 0.389 e. The van der Waals surface area contributed by atoms with Crippen LogP contribution in [0.15, 0.2) is 27.1 Å². The number of hydrogen-bond acceptors (Lipinski definition) is 1. The zero-order valence-electron chi connectivity index (χ0n) is 8.77. The van der Waals surface area contributed by atoms with Crippen LogP contribution in [-0.2, 0) is 0 Å². The van der Waals surface area contributed by atoms with E-state index in [0.717, 1.165) is 8.95 Å². The molecule has 0 aromatic heterocycles. The second-order valence-electron chi connectivity index (χ2n) is 3.73. The van der Waals surface area contributed by atoms with Crippen LogP contribution >= 0.6 is 31.9 Å². The van der Waals surface area contributed by atoms with Gasteiger partial charge in [0.05, 0.1) is 6.10 Å². The topological polar surface area (TPSA) is 20.2 Å². The summed E-state index contributed by atoms with van der Waals surface area (Å²) >= 11 is 6.52. The summed E-state index contributed by atoms with van der Waals surface area (Å²) in [6.07, 6.45) is -5.86. The van der Waals surface area contributed by atoms with Gasteiger partial charge in [-0.3, -0.25) is 0 Å². The molecule has 1 atom stereocenters. The molecule has 0 aliphatic rings. The quantitative estimate of drug-likeness (QED) is 0.786. The lowest BCUT2D eigenvalue weighted by Crippen LogP contribution is -2.08. The summed E-state index contributed by atoms with van der Waals surface area (Å²) in [6, 6.07) is 5.19. The van der Waals surface area contributed by atoms with Gasteiger partial charge < -0.3 is 5.11 Å². The lowest BCUT2D eigenvalue weighted by atomic mass is 10.0. The van der Waals surface area contributed by atoms with E-state index in [1.807, 2.05) is 0 Å². The maximum absolute atomic E-state index is 11.9. The van der Waals surface area contributed by atoms with Gasteiger partial charge in [-0.15, -0.1) is 0 Å². The SMILES string of the molecule is OC(CCCC(F)(F)F)c1cc(Br)cc(Br)c1. The molecule has 1 aromatic carbocycles. The van der Waals surface area contributed by atoms with Gasteiger partial charge in [0.25, 0.3) is 0 Å². The number of alkyl halides is 3. The van der Waals surface area contributed by atoms with Crippen molar-refractivity contribution < 1.29 is 18.3 Å². The van der Waals surface area contributed by atoms with Gasteiger partial charge in [-0.2, -0.15) is 13.2 Å². The minimum absolute atomic E-state index is 0.0746. The Hall–Kier alpha value is -0.0700. The van der Waals surface area contributed by atoms with Crippen LogP contribution in [0.4, 0.5) is 13.2 Å². The van der Waals surface area contributed by atoms with Crippen molar-refractivity contribution in [3.05, 3.63) is 32.7 Å². The van der Waals surface area contributed by atoms with E-state index < -0.39 is 18.7 Å². The van der Waals surface area contributed by atoms with Crippen molar-refractivity contribution in [2.24, 2.45) is 0 Å². The van der Waals surface area contributed by atoms with Gasteiger partial charge >= 0.3 is 6.18 Å². The molecule has 1 nitrogen and oxygen atoms in total. The zero-order chi connectivity index (χ0) is 13.1. The van der Waals surface area contributed by atoms with Crippen LogP contribution in [0, 0.1) is 0 Å². The van der Waals surface area contributed by atoms with Gasteiger partial charge in [-0.05, 0) is 36.6 Å². The number of benzene rings is 1. The number of halogens is 5. The minimum Gasteiger partial charge on any atom is -0.388 e. The van der Waals surface area contributed by atoms with E-state index in [9.17, 15) is 18.3 Å². The third kappa shape index (κ3) is 5.88. The van der Waals surface area contributed by atoms with Crippen LogP contribution in [0.2, 0.25) is 0 Å². The molecule has 0 saturated carbocycles. The van der Waals surface area contributed by atoms with Crippen LogP contribution in [0.1, 0.15) is 30.9 Å². The van der Waals surface area contributed by atoms with Gasteiger partial charge in [-0.1, -0.05) is 31.9 Å². The first-order chi connectivity index (χ1) is 7.78. The highest BCUT2D eigenvalue weighted by Crippen LogP contribution is 2.29. The first-order valence-corrected chi connectivity index (χ1v) is 6.57. The summed E-state index contributed by atoms with van der Waals surface area (Å²) < 4.78 is 37.4. The van der Waals surface area contributed by atoms with Gasteiger partial charge in [0, 0.05) is 15.4 Å². The second kappa shape index (κ2) is 6.20. The highest BCUT2D eigenvalue weighted by Gasteiger charge is 2.26. The van der Waals surface area contributed by atoms with Crippen LogP contribution in [-0.4, -0.2) is 11.3 Å². The predicted molar refractivity (Wildman–Crippen MR) is 66.7 cm³/mol. The fraction of sp³-hybridized carbons (Fsp3) is 0.455. The summed E-state index contributed by atoms with van der Waals surface area (Å²) in [5.74, 6) is 0. The first-order valence-electron chi connectivity index (χ1n) is 4.99. The van der Waals surface area contributed by atoms with Crippen molar-refractivity contribution in [3.63, 3.8) is 0 Å². The third-order valence-corrected chi connectivity index (χ3v) is 3.12. The monoisotopic (exact) mass is 374 g/mol. The Morgan fingerprint density at radius 3 is 2.12 bits per heavy atom. The minimum atomic E-state index is -4.16. The van der Waals surface area contributed by atoms with Crippen LogP contribution < -0.4 is 0 Å². The molecule has 96 valence electrons. The molecule has 0 heterocycles. The van der Waals surface area contributed by atoms with Crippen molar-refractivity contribution in [2.45, 2.75) is 31.5 Å². The lowest BCUT2D eigenvalue weighted by molar-refractivity contribution is -0.136. The molecule has 6 heteroatoms. The Balaban J connectivity index is 2.55. The highest BCUT2D eigenvalue weighted by atomic mass is 79.9. The van der Waals surface area contributed by atoms with Gasteiger partial charge in [-0.25, -0.2) is 0 Å². The molecule has 0 aliphatic heterocycles. The number of aliphatic hydroxyl groups is 1. The maximum Gasteiger partial charge on any atom is 0.389 e. The Morgan fingerprint density at radius 2 is 1.65 bits per heavy atom. The molecule has 1 unspecified atom stereocenters. The maximum atomic E-state index is 11.9. The Kier molecular flexibility index (Phi) is 5.47. The molecular formula is C11H11Br2F3O. The highest BCUT2D eigenvalue weighted by molar-refractivity contribution is 9.11. The number of hydrogen-bond donors (Lipinski definition) is 1. The fourth-order valence-electron chi connectivity index (χ4n) is 1.43. The molecule has 1 N–H and O–H groups in total. The predicted octanol–water partition coefficient (Wildman–Crippen LogP) is 4.98. The Morgan fingerprint density at radius 1 is 1.12 bits per heavy atom. The Bertz CT molecular complexity index is 359. The summed E-state index contributed by atoms with van der Waals surface area (Å²) in [7, 11) is 0. The molecule has 0 fully saturated rings. The van der Waals surface area contributed by atoms with Crippen LogP contribution in [0.5, 0.6) is 0 Å². The molecule has 0 spiro atoms. The molecule has 0 amide bonds. The third-order valence-electron chi connectivity index (χ3n) is 2.21. The van der Waals surface area contributed by atoms with Gasteiger partial charge in [0.2, 0.25) is 0 Å². The van der Waals surface area contributed by atoms with Gasteiger partial charge in [0.1, 0.15) is 0 Å². The van der Waals surface area contributed by atoms with E-state index >= 15 is 0 Å². The molecule has 0 saturated heterocycles. The van der Waals surface area contributed by atoms with E-state index in [1.54, 1.807) is 18.2 Å². The van der Waals surface area contributed by atoms with Crippen molar-refractivity contribution in [1.29, 1.82) is 0 Å². The van der Waals surface area contributed by atoms with E-state index in [-0.39, 0.29) is 12.8 Å². The number of rotatable bonds is 4. The van der Waals surface area contributed by atoms with Crippen LogP contribution in [0.25, 0.3) is 0 Å². The molecule has 0 aliphatic carbocycles. The van der Waals surface area contributed by atoms with E-state index in [4.69, 9.17) is 0 Å². The molecule has 17 heavy (non-hydrogen) atoms. The van der Waals surface area contributed by atoms with Crippen molar-refractivity contribution in [3.8, 4) is 0 Å². The summed E-state index contributed by atoms with van der Waals surface area (Å²) in [5.41, 5.74) is 0.605. The van der Waals surface area contributed by atoms with E-state index in [2.05, 4.69) is 31.9 Å². The molecule has 0 bridgehead atoms. The van der Waals surface area contributed by atoms with Crippen molar-refractivity contribution in [2.75, 3.05) is 0 Å². The second-order valence-corrected chi connectivity index (χ2v) is 5.56. The zero-order valence-corrected chi connectivity index (χ0v) is 11.9. The molecule has 1 aromatic rings. The molecule has 1 rings (SSSR count). The van der Waals surface area contributed by atoms with E-state index in [1.165, 1.54) is 0 Å². The average Bonchev–Trinajstić information content (AvgIpc) is 2.13. The first kappa shape index (κ1) is 15.0. The van der Waals surface area contributed by atoms with Gasteiger partial charge in [0.15, 0.2) is 0 Å². The molecule has 0 radical (unpaired) electrons. The Labute approximate surface area is 114 Å². The fourth-order valence-corrected chi connectivity index (χ4v) is 2.76. The summed E-state index contributed by atoms with van der Waals surface area (Å²) in [5, 5.41) is 9.76. The standard InChI is InChI=1S/C11H11Br2F3O/c12-8-4-7(5-9(13)6-8)10(17)2-1-3-11(14,15)16/h4-6,10,17H,1-3H2. The summed E-state index contributed by atoms with van der Waals surface area (Å²) in [4.78, 5) is 0. The van der Waals surface area contributed by atoms with Crippen molar-refractivity contribution >= 4 is 31.9 Å². The lowest BCUT2D eigenvalue weighted by Gasteiger charge is -2.12. The van der Waals surface area contributed by atoms with Crippen molar-refractivity contribution in [1.82, 2.24) is 0 Å². The van der Waals surface area contributed by atoms with Crippen LogP contribution in [0.3, 0.4) is 0 Å². The van der Waals surface area contributed by atoms with E-state index in [0.29, 0.717) is 5.56 Å². The normalized spacial score (nSPS) is 13.8.